The average molecular weight is 307 g/mol. The van der Waals surface area contributed by atoms with Gasteiger partial charge in [0.2, 0.25) is 12.7 Å². The third-order valence-corrected chi connectivity index (χ3v) is 5.02. The molecule has 21 heavy (non-hydrogen) atoms. The first kappa shape index (κ1) is 13.6. The zero-order valence-corrected chi connectivity index (χ0v) is 12.3. The summed E-state index contributed by atoms with van der Waals surface area (Å²) in [5.41, 5.74) is 0.571. The molecule has 1 aromatic carbocycles. The van der Waals surface area contributed by atoms with Gasteiger partial charge in [0.15, 0.2) is 11.5 Å². The molecule has 0 spiro atoms. The molecule has 7 nitrogen and oxygen atoms in total. The monoisotopic (exact) mass is 307 g/mol. The molecular formula is C13H13N3O4S. The Hall–Kier alpha value is -2.35. The largest absolute Gasteiger partial charge is 0.454 e. The van der Waals surface area contributed by atoms with Crippen LogP contribution in [0.5, 0.6) is 11.5 Å². The Balaban J connectivity index is 2.07. The van der Waals surface area contributed by atoms with Crippen molar-refractivity contribution in [1.29, 1.82) is 0 Å². The zero-order valence-electron chi connectivity index (χ0n) is 11.5. The number of hydrogen-bond acceptors (Lipinski definition) is 6. The van der Waals surface area contributed by atoms with Gasteiger partial charge in [0.1, 0.15) is 0 Å². The summed E-state index contributed by atoms with van der Waals surface area (Å²) >= 11 is 0. The molecule has 0 N–H and O–H groups in total. The maximum atomic E-state index is 12.7. The summed E-state index contributed by atoms with van der Waals surface area (Å²) in [4.78, 5) is 8.05. The van der Waals surface area contributed by atoms with Crippen molar-refractivity contribution < 1.29 is 17.9 Å². The predicted molar refractivity (Wildman–Crippen MR) is 74.9 cm³/mol. The van der Waals surface area contributed by atoms with Gasteiger partial charge >= 0.3 is 0 Å². The lowest BCUT2D eigenvalue weighted by Crippen LogP contribution is -2.28. The fourth-order valence-corrected chi connectivity index (χ4v) is 3.34. The lowest BCUT2D eigenvalue weighted by molar-refractivity contribution is 0.174. The highest BCUT2D eigenvalue weighted by atomic mass is 32.2. The standard InChI is InChI=1S/C13H13N3O4S/c1-9-6-10-11(20-8-19-10)7-12(9)21(17,18)16(2)13-14-4-3-5-15-13/h3-7H,8H2,1-2H3. The van der Waals surface area contributed by atoms with Gasteiger partial charge in [-0.2, -0.15) is 0 Å². The van der Waals surface area contributed by atoms with Crippen molar-refractivity contribution in [2.24, 2.45) is 0 Å². The van der Waals surface area contributed by atoms with Crippen LogP contribution in [0.4, 0.5) is 5.95 Å². The summed E-state index contributed by atoms with van der Waals surface area (Å²) in [6.07, 6.45) is 2.97. The normalized spacial score (nSPS) is 13.2. The van der Waals surface area contributed by atoms with Crippen molar-refractivity contribution in [3.63, 3.8) is 0 Å². The molecule has 0 fully saturated rings. The Morgan fingerprint density at radius 1 is 1.14 bits per heavy atom. The molecule has 0 saturated heterocycles. The highest BCUT2D eigenvalue weighted by Gasteiger charge is 2.28. The molecule has 8 heteroatoms. The van der Waals surface area contributed by atoms with E-state index in [2.05, 4.69) is 9.97 Å². The Morgan fingerprint density at radius 2 is 1.76 bits per heavy atom. The lowest BCUT2D eigenvalue weighted by Gasteiger charge is -2.18. The van der Waals surface area contributed by atoms with Gasteiger partial charge in [0, 0.05) is 25.5 Å². The molecule has 0 saturated carbocycles. The van der Waals surface area contributed by atoms with E-state index in [-0.39, 0.29) is 17.6 Å². The van der Waals surface area contributed by atoms with Crippen LogP contribution in [0, 0.1) is 6.92 Å². The molecular weight excluding hydrogens is 294 g/mol. The molecule has 1 aliphatic rings. The van der Waals surface area contributed by atoms with Crippen LogP contribution in [0.3, 0.4) is 0 Å². The number of ether oxygens (including phenoxy) is 2. The number of hydrogen-bond donors (Lipinski definition) is 0. The second kappa shape index (κ2) is 4.88. The van der Waals surface area contributed by atoms with Crippen LogP contribution in [0.1, 0.15) is 5.56 Å². The Labute approximate surface area is 122 Å². The van der Waals surface area contributed by atoms with E-state index in [1.54, 1.807) is 19.1 Å². The summed E-state index contributed by atoms with van der Waals surface area (Å²) in [6, 6.07) is 4.73. The van der Waals surface area contributed by atoms with Crippen LogP contribution in [-0.4, -0.2) is 32.2 Å². The van der Waals surface area contributed by atoms with Crippen LogP contribution in [-0.2, 0) is 10.0 Å². The molecule has 0 amide bonds. The second-order valence-electron chi connectivity index (χ2n) is 4.49. The highest BCUT2D eigenvalue weighted by molar-refractivity contribution is 7.92. The van der Waals surface area contributed by atoms with Crippen molar-refractivity contribution in [2.45, 2.75) is 11.8 Å². The van der Waals surface area contributed by atoms with E-state index >= 15 is 0 Å². The van der Waals surface area contributed by atoms with E-state index in [9.17, 15) is 8.42 Å². The molecule has 2 aromatic rings. The van der Waals surface area contributed by atoms with Crippen LogP contribution < -0.4 is 13.8 Å². The van der Waals surface area contributed by atoms with Gasteiger partial charge < -0.3 is 9.47 Å². The molecule has 2 heterocycles. The summed E-state index contributed by atoms with van der Waals surface area (Å²) in [5, 5.41) is 0. The molecule has 0 radical (unpaired) electrons. The van der Waals surface area contributed by atoms with Gasteiger partial charge in [-0.25, -0.2) is 22.7 Å². The predicted octanol–water partition coefficient (Wildman–Crippen LogP) is 1.34. The first-order valence-corrected chi connectivity index (χ1v) is 7.60. The number of fused-ring (bicyclic) bond motifs is 1. The maximum absolute atomic E-state index is 12.7. The second-order valence-corrected chi connectivity index (χ2v) is 6.43. The number of benzene rings is 1. The Bertz CT molecular complexity index is 778. The quantitative estimate of drug-likeness (QED) is 0.851. The molecule has 3 rings (SSSR count). The molecule has 0 bridgehead atoms. The van der Waals surface area contributed by atoms with Gasteiger partial charge in [-0.15, -0.1) is 0 Å². The van der Waals surface area contributed by atoms with E-state index in [0.717, 1.165) is 4.31 Å². The molecule has 1 aromatic heterocycles. The van der Waals surface area contributed by atoms with Crippen LogP contribution in [0.15, 0.2) is 35.5 Å². The zero-order chi connectivity index (χ0) is 15.0. The van der Waals surface area contributed by atoms with E-state index in [0.29, 0.717) is 17.1 Å². The van der Waals surface area contributed by atoms with Crippen LogP contribution in [0.2, 0.25) is 0 Å². The number of rotatable bonds is 3. The third-order valence-electron chi connectivity index (χ3n) is 3.14. The first-order chi connectivity index (χ1) is 10.00. The first-order valence-electron chi connectivity index (χ1n) is 6.16. The number of nitrogens with zero attached hydrogens (tertiary/aromatic N) is 3. The third kappa shape index (κ3) is 2.27. The lowest BCUT2D eigenvalue weighted by atomic mass is 10.2. The van der Waals surface area contributed by atoms with E-state index < -0.39 is 10.0 Å². The van der Waals surface area contributed by atoms with Crippen molar-refractivity contribution in [3.05, 3.63) is 36.2 Å². The van der Waals surface area contributed by atoms with Crippen LogP contribution >= 0.6 is 0 Å². The summed E-state index contributed by atoms with van der Waals surface area (Å²) in [5.74, 6) is 1.07. The molecule has 0 atom stereocenters. The fraction of sp³-hybridized carbons (Fsp3) is 0.231. The van der Waals surface area contributed by atoms with Crippen molar-refractivity contribution >= 4 is 16.0 Å². The van der Waals surface area contributed by atoms with E-state index in [1.165, 1.54) is 25.5 Å². The SMILES string of the molecule is Cc1cc2c(cc1S(=O)(=O)N(C)c1ncccn1)OCO2. The van der Waals surface area contributed by atoms with Gasteiger partial charge in [-0.05, 0) is 24.6 Å². The summed E-state index contributed by atoms with van der Waals surface area (Å²) < 4.78 is 36.9. The summed E-state index contributed by atoms with van der Waals surface area (Å²) in [6.45, 7) is 1.80. The molecule has 110 valence electrons. The number of sulfonamides is 1. The van der Waals surface area contributed by atoms with Crippen molar-refractivity contribution in [3.8, 4) is 11.5 Å². The van der Waals surface area contributed by atoms with E-state index in [1.807, 2.05) is 0 Å². The van der Waals surface area contributed by atoms with Gasteiger partial charge in [0.05, 0.1) is 4.90 Å². The number of anilines is 1. The minimum Gasteiger partial charge on any atom is -0.454 e. The fourth-order valence-electron chi connectivity index (χ4n) is 2.01. The van der Waals surface area contributed by atoms with Crippen molar-refractivity contribution in [2.75, 3.05) is 18.1 Å². The smallest absolute Gasteiger partial charge is 0.266 e. The topological polar surface area (TPSA) is 81.6 Å². The molecule has 0 unspecified atom stereocenters. The van der Waals surface area contributed by atoms with Crippen LogP contribution in [0.25, 0.3) is 0 Å². The minimum absolute atomic E-state index is 0.0932. The van der Waals surface area contributed by atoms with Crippen molar-refractivity contribution in [1.82, 2.24) is 9.97 Å². The maximum Gasteiger partial charge on any atom is 0.266 e. The molecule has 0 aliphatic carbocycles. The highest BCUT2D eigenvalue weighted by Crippen LogP contribution is 2.37. The number of aromatic nitrogens is 2. The molecule has 1 aliphatic heterocycles. The Morgan fingerprint density at radius 3 is 2.43 bits per heavy atom. The van der Waals surface area contributed by atoms with Gasteiger partial charge in [-0.3, -0.25) is 0 Å². The minimum atomic E-state index is -3.77. The van der Waals surface area contributed by atoms with Gasteiger partial charge in [0.25, 0.3) is 10.0 Å². The average Bonchev–Trinajstić information content (AvgIpc) is 2.93. The summed E-state index contributed by atoms with van der Waals surface area (Å²) in [7, 11) is -2.36. The number of aryl methyl sites for hydroxylation is 1. The Kier molecular flexibility index (Phi) is 3.17. The van der Waals surface area contributed by atoms with Gasteiger partial charge in [-0.1, -0.05) is 0 Å². The van der Waals surface area contributed by atoms with E-state index in [4.69, 9.17) is 9.47 Å².